The minimum Gasteiger partial charge on any atom is -0.483 e. The van der Waals surface area contributed by atoms with Gasteiger partial charge in [0, 0.05) is 24.5 Å². The summed E-state index contributed by atoms with van der Waals surface area (Å²) in [6.07, 6.45) is 2.25. The van der Waals surface area contributed by atoms with Crippen molar-refractivity contribution in [3.05, 3.63) is 99.6 Å². The van der Waals surface area contributed by atoms with Crippen LogP contribution in [0.1, 0.15) is 47.6 Å². The molecule has 0 aliphatic carbocycles. The molecule has 6 heteroatoms. The summed E-state index contributed by atoms with van der Waals surface area (Å²) in [5.74, 6) is 0.270. The van der Waals surface area contributed by atoms with Crippen molar-refractivity contribution in [3.8, 4) is 5.75 Å². The summed E-state index contributed by atoms with van der Waals surface area (Å²) >= 11 is 6.10. The van der Waals surface area contributed by atoms with Gasteiger partial charge in [0.1, 0.15) is 11.8 Å². The predicted octanol–water partition coefficient (Wildman–Crippen LogP) is 6.20. The number of unbranched alkanes of at least 4 members (excludes halogenated alkanes) is 1. The molecule has 3 aromatic rings. The van der Waals surface area contributed by atoms with Crippen molar-refractivity contribution >= 4 is 23.4 Å². The highest BCUT2D eigenvalue weighted by atomic mass is 35.5. The van der Waals surface area contributed by atoms with E-state index in [1.807, 2.05) is 69.3 Å². The lowest BCUT2D eigenvalue weighted by atomic mass is 10.0. The van der Waals surface area contributed by atoms with Crippen molar-refractivity contribution in [3.63, 3.8) is 0 Å². The van der Waals surface area contributed by atoms with Crippen LogP contribution in [0.25, 0.3) is 0 Å². The van der Waals surface area contributed by atoms with Crippen molar-refractivity contribution in [1.29, 1.82) is 0 Å². The third-order valence-electron chi connectivity index (χ3n) is 6.48. The second-order valence-corrected chi connectivity index (χ2v) is 9.93. The van der Waals surface area contributed by atoms with E-state index in [0.717, 1.165) is 40.7 Å². The van der Waals surface area contributed by atoms with Crippen LogP contribution in [0.5, 0.6) is 5.75 Å². The zero-order valence-corrected chi connectivity index (χ0v) is 23.0. The summed E-state index contributed by atoms with van der Waals surface area (Å²) in [6.45, 7) is 8.78. The van der Waals surface area contributed by atoms with E-state index in [-0.39, 0.29) is 25.0 Å². The van der Waals surface area contributed by atoms with Crippen molar-refractivity contribution in [1.82, 2.24) is 10.2 Å². The van der Waals surface area contributed by atoms with Gasteiger partial charge < -0.3 is 15.0 Å². The maximum atomic E-state index is 13.7. The average Bonchev–Trinajstić information content (AvgIpc) is 2.89. The SMILES string of the molecule is CCCCNC(=O)[C@@H](Cc1ccccc1)N(Cc1ccc(Cl)cc1)C(=O)COc1cc(C)cc(C)c1C. The molecular weight excluding hydrogens is 484 g/mol. The fourth-order valence-electron chi connectivity index (χ4n) is 4.22. The summed E-state index contributed by atoms with van der Waals surface area (Å²) in [5, 5.41) is 3.66. The number of carbonyl (C=O) groups is 2. The average molecular weight is 521 g/mol. The number of nitrogens with one attached hydrogen (secondary N) is 1. The number of ether oxygens (including phenoxy) is 1. The summed E-state index contributed by atoms with van der Waals surface area (Å²) in [5.41, 5.74) is 5.05. The number of nitrogens with zero attached hydrogens (tertiary/aromatic N) is 1. The highest BCUT2D eigenvalue weighted by molar-refractivity contribution is 6.30. The molecule has 3 aromatic carbocycles. The standard InChI is InChI=1S/C31H37ClN2O3/c1-5-6-16-33-31(36)28(19-25-10-8-7-9-11-25)34(20-26-12-14-27(32)15-13-26)30(35)21-37-29-18-22(2)17-23(3)24(29)4/h7-15,17-18,28H,5-6,16,19-21H2,1-4H3,(H,33,36)/t28-/m1/s1. The topological polar surface area (TPSA) is 58.6 Å². The zero-order valence-electron chi connectivity index (χ0n) is 22.2. The van der Waals surface area contributed by atoms with Gasteiger partial charge in [0.2, 0.25) is 5.91 Å². The second kappa shape index (κ2) is 13.8. The van der Waals surface area contributed by atoms with Crippen LogP contribution >= 0.6 is 11.6 Å². The molecule has 0 heterocycles. The fraction of sp³-hybridized carbons (Fsp3) is 0.355. The molecule has 0 aliphatic heterocycles. The van der Waals surface area contributed by atoms with Gasteiger partial charge in [-0.15, -0.1) is 0 Å². The van der Waals surface area contributed by atoms with Crippen LogP contribution in [0.3, 0.4) is 0 Å². The van der Waals surface area contributed by atoms with E-state index in [4.69, 9.17) is 16.3 Å². The van der Waals surface area contributed by atoms with Crippen molar-refractivity contribution in [2.45, 2.75) is 59.5 Å². The molecule has 0 spiro atoms. The van der Waals surface area contributed by atoms with E-state index in [1.165, 1.54) is 0 Å². The third kappa shape index (κ3) is 8.36. The quantitative estimate of drug-likeness (QED) is 0.289. The maximum absolute atomic E-state index is 13.7. The molecule has 0 fully saturated rings. The molecule has 0 saturated carbocycles. The van der Waals surface area contributed by atoms with Crippen LogP contribution in [0.2, 0.25) is 5.02 Å². The second-order valence-electron chi connectivity index (χ2n) is 9.49. The van der Waals surface area contributed by atoms with Crippen LogP contribution in [-0.2, 0) is 22.6 Å². The van der Waals surface area contributed by atoms with Crippen molar-refractivity contribution < 1.29 is 14.3 Å². The Morgan fingerprint density at radius 1 is 0.973 bits per heavy atom. The Hall–Kier alpha value is -3.31. The fourth-order valence-corrected chi connectivity index (χ4v) is 4.35. The Bertz CT molecular complexity index is 1180. The molecule has 3 rings (SSSR count). The van der Waals surface area contributed by atoms with Gasteiger partial charge in [0.15, 0.2) is 6.61 Å². The zero-order chi connectivity index (χ0) is 26.8. The Kier molecular flexibility index (Phi) is 10.6. The van der Waals surface area contributed by atoms with E-state index in [1.54, 1.807) is 17.0 Å². The number of carbonyl (C=O) groups excluding carboxylic acids is 2. The Balaban J connectivity index is 1.91. The third-order valence-corrected chi connectivity index (χ3v) is 6.73. The first-order valence-electron chi connectivity index (χ1n) is 12.8. The highest BCUT2D eigenvalue weighted by Gasteiger charge is 2.30. The first-order valence-corrected chi connectivity index (χ1v) is 13.2. The van der Waals surface area contributed by atoms with E-state index >= 15 is 0 Å². The minimum absolute atomic E-state index is 0.162. The van der Waals surface area contributed by atoms with E-state index in [0.29, 0.717) is 23.7 Å². The molecule has 0 saturated heterocycles. The first kappa shape index (κ1) is 28.3. The largest absolute Gasteiger partial charge is 0.483 e. The van der Waals surface area contributed by atoms with E-state index in [2.05, 4.69) is 18.3 Å². The van der Waals surface area contributed by atoms with Crippen molar-refractivity contribution in [2.24, 2.45) is 0 Å². The van der Waals surface area contributed by atoms with Gasteiger partial charge in [-0.2, -0.15) is 0 Å². The van der Waals surface area contributed by atoms with Crippen LogP contribution in [0.15, 0.2) is 66.7 Å². The number of rotatable bonds is 12. The first-order chi connectivity index (χ1) is 17.8. The maximum Gasteiger partial charge on any atom is 0.261 e. The Morgan fingerprint density at radius 2 is 1.68 bits per heavy atom. The van der Waals surface area contributed by atoms with Crippen LogP contribution in [-0.4, -0.2) is 35.9 Å². The summed E-state index contributed by atoms with van der Waals surface area (Å²) < 4.78 is 6.03. The molecule has 196 valence electrons. The summed E-state index contributed by atoms with van der Waals surface area (Å²) in [6, 6.07) is 20.5. The number of hydrogen-bond donors (Lipinski definition) is 1. The van der Waals surface area contributed by atoms with Gasteiger partial charge in [-0.3, -0.25) is 9.59 Å². The molecular formula is C31H37ClN2O3. The molecule has 2 amide bonds. The van der Waals surface area contributed by atoms with E-state index < -0.39 is 6.04 Å². The minimum atomic E-state index is -0.689. The van der Waals surface area contributed by atoms with Crippen LogP contribution in [0, 0.1) is 20.8 Å². The molecule has 1 N–H and O–H groups in total. The summed E-state index contributed by atoms with van der Waals surface area (Å²) in [4.78, 5) is 28.8. The van der Waals surface area contributed by atoms with Gasteiger partial charge >= 0.3 is 0 Å². The van der Waals surface area contributed by atoms with Gasteiger partial charge in [-0.25, -0.2) is 0 Å². The molecule has 0 aliphatic rings. The number of hydrogen-bond acceptors (Lipinski definition) is 3. The number of aryl methyl sites for hydroxylation is 2. The predicted molar refractivity (Wildman–Crippen MR) is 150 cm³/mol. The molecule has 0 unspecified atom stereocenters. The van der Waals surface area contributed by atoms with Gasteiger partial charge in [-0.1, -0.05) is 73.5 Å². The number of halogens is 1. The lowest BCUT2D eigenvalue weighted by Crippen LogP contribution is -2.51. The van der Waals surface area contributed by atoms with Crippen LogP contribution < -0.4 is 10.1 Å². The monoisotopic (exact) mass is 520 g/mol. The summed E-state index contributed by atoms with van der Waals surface area (Å²) in [7, 11) is 0. The van der Waals surface area contributed by atoms with Gasteiger partial charge in [-0.05, 0) is 73.2 Å². The van der Waals surface area contributed by atoms with E-state index in [9.17, 15) is 9.59 Å². The smallest absolute Gasteiger partial charge is 0.261 e. The molecule has 0 bridgehead atoms. The lowest BCUT2D eigenvalue weighted by Gasteiger charge is -2.31. The van der Waals surface area contributed by atoms with Crippen LogP contribution in [0.4, 0.5) is 0 Å². The molecule has 0 radical (unpaired) electrons. The Morgan fingerprint density at radius 3 is 2.35 bits per heavy atom. The molecule has 0 aromatic heterocycles. The molecule has 37 heavy (non-hydrogen) atoms. The Labute approximate surface area is 225 Å². The van der Waals surface area contributed by atoms with Crippen molar-refractivity contribution in [2.75, 3.05) is 13.2 Å². The van der Waals surface area contributed by atoms with Gasteiger partial charge in [0.05, 0.1) is 0 Å². The normalized spacial score (nSPS) is 11.6. The lowest BCUT2D eigenvalue weighted by molar-refractivity contribution is -0.142. The molecule has 5 nitrogen and oxygen atoms in total. The van der Waals surface area contributed by atoms with Gasteiger partial charge in [0.25, 0.3) is 5.91 Å². The number of benzene rings is 3. The molecule has 1 atom stereocenters. The number of amides is 2. The highest BCUT2D eigenvalue weighted by Crippen LogP contribution is 2.24.